The van der Waals surface area contributed by atoms with Crippen molar-refractivity contribution in [2.75, 3.05) is 26.4 Å². The molecule has 2 amide bonds. The van der Waals surface area contributed by atoms with Crippen LogP contribution in [0.25, 0.3) is 0 Å². The average molecular weight is 376 g/mol. The van der Waals surface area contributed by atoms with Gasteiger partial charge in [0.25, 0.3) is 5.91 Å². The molecule has 0 bridgehead atoms. The standard InChI is InChI=1S/C20H28N2O5/c23-19(21-25)16-6-7-17-14-22(9-12-27-18(17)13-16)20(24)15-5-3-1-2-4-10-26-11-8-15/h6-7,13,15,25H,1-5,8-12,14H2,(H,21,23). The van der Waals surface area contributed by atoms with Gasteiger partial charge in [0.1, 0.15) is 12.4 Å². The average Bonchev–Trinajstić information content (AvgIpc) is 2.92. The molecule has 1 saturated heterocycles. The van der Waals surface area contributed by atoms with Gasteiger partial charge in [-0.3, -0.25) is 14.8 Å². The molecule has 2 aliphatic heterocycles. The summed E-state index contributed by atoms with van der Waals surface area (Å²) in [6.07, 6.45) is 6.16. The van der Waals surface area contributed by atoms with Crippen LogP contribution in [0.1, 0.15) is 54.4 Å². The Morgan fingerprint density at radius 1 is 1.07 bits per heavy atom. The maximum absolute atomic E-state index is 13.1. The molecule has 2 N–H and O–H groups in total. The number of fused-ring (bicyclic) bond motifs is 1. The fourth-order valence-corrected chi connectivity index (χ4v) is 3.69. The first-order valence-electron chi connectivity index (χ1n) is 9.75. The third kappa shape index (κ3) is 5.20. The lowest BCUT2D eigenvalue weighted by Gasteiger charge is -2.26. The van der Waals surface area contributed by atoms with E-state index in [-0.39, 0.29) is 11.8 Å². The molecule has 0 aliphatic carbocycles. The van der Waals surface area contributed by atoms with Gasteiger partial charge in [-0.15, -0.1) is 0 Å². The lowest BCUT2D eigenvalue weighted by atomic mass is 9.95. The van der Waals surface area contributed by atoms with Crippen molar-refractivity contribution in [1.29, 1.82) is 0 Å². The molecule has 27 heavy (non-hydrogen) atoms. The Kier molecular flexibility index (Phi) is 7.06. The quantitative estimate of drug-likeness (QED) is 0.612. The molecule has 1 unspecified atom stereocenters. The van der Waals surface area contributed by atoms with Gasteiger partial charge in [-0.1, -0.05) is 25.3 Å². The summed E-state index contributed by atoms with van der Waals surface area (Å²) in [6, 6.07) is 5.01. The smallest absolute Gasteiger partial charge is 0.274 e. The van der Waals surface area contributed by atoms with E-state index in [9.17, 15) is 9.59 Å². The minimum atomic E-state index is -0.583. The SMILES string of the molecule is O=C(NO)c1ccc2c(c1)OCCN(C(=O)C1CCCCCCOCC1)C2. The van der Waals surface area contributed by atoms with Crippen molar-refractivity contribution in [1.82, 2.24) is 10.4 Å². The minimum absolute atomic E-state index is 0.0101. The Balaban J connectivity index is 1.69. The summed E-state index contributed by atoms with van der Waals surface area (Å²) in [5.74, 6) is 0.151. The zero-order chi connectivity index (χ0) is 19.1. The van der Waals surface area contributed by atoms with Gasteiger partial charge in [-0.2, -0.15) is 0 Å². The first-order chi connectivity index (χ1) is 13.2. The van der Waals surface area contributed by atoms with E-state index in [1.54, 1.807) is 23.7 Å². The zero-order valence-electron chi connectivity index (χ0n) is 15.6. The van der Waals surface area contributed by atoms with Gasteiger partial charge in [-0.05, 0) is 31.4 Å². The number of carbonyl (C=O) groups is 2. The Bertz CT molecular complexity index is 654. The zero-order valence-corrected chi connectivity index (χ0v) is 15.6. The van der Waals surface area contributed by atoms with Crippen LogP contribution in [0.2, 0.25) is 0 Å². The van der Waals surface area contributed by atoms with Gasteiger partial charge in [0.05, 0.1) is 6.54 Å². The summed E-state index contributed by atoms with van der Waals surface area (Å²) in [7, 11) is 0. The number of hydroxylamine groups is 1. The summed E-state index contributed by atoms with van der Waals surface area (Å²) in [4.78, 5) is 26.6. The first-order valence-corrected chi connectivity index (χ1v) is 9.75. The number of benzene rings is 1. The van der Waals surface area contributed by atoms with Gasteiger partial charge in [0.2, 0.25) is 5.91 Å². The topological polar surface area (TPSA) is 88.1 Å². The number of nitrogens with one attached hydrogen (secondary N) is 1. The van der Waals surface area contributed by atoms with Crippen molar-refractivity contribution >= 4 is 11.8 Å². The molecule has 0 aromatic heterocycles. The normalized spacial score (nSPS) is 21.4. The number of hydrogen-bond donors (Lipinski definition) is 2. The predicted molar refractivity (Wildman–Crippen MR) is 98.6 cm³/mol. The van der Waals surface area contributed by atoms with Crippen LogP contribution >= 0.6 is 0 Å². The molecule has 0 spiro atoms. The predicted octanol–water partition coefficient (Wildman–Crippen LogP) is 2.51. The summed E-state index contributed by atoms with van der Waals surface area (Å²) >= 11 is 0. The molecule has 1 atom stereocenters. The van der Waals surface area contributed by atoms with E-state index in [2.05, 4.69) is 0 Å². The van der Waals surface area contributed by atoms with Gasteiger partial charge in [0, 0.05) is 36.8 Å². The van der Waals surface area contributed by atoms with Crippen LogP contribution < -0.4 is 10.2 Å². The number of carbonyl (C=O) groups excluding carboxylic acids is 2. The summed E-state index contributed by atoms with van der Waals surface area (Å²) in [5.41, 5.74) is 2.81. The lowest BCUT2D eigenvalue weighted by molar-refractivity contribution is -0.137. The molecule has 1 fully saturated rings. The molecule has 2 heterocycles. The Morgan fingerprint density at radius 3 is 2.78 bits per heavy atom. The number of ether oxygens (including phenoxy) is 2. The second-order valence-corrected chi connectivity index (χ2v) is 7.17. The van der Waals surface area contributed by atoms with Crippen LogP contribution in [0, 0.1) is 5.92 Å². The summed E-state index contributed by atoms with van der Waals surface area (Å²) in [5, 5.41) is 8.78. The minimum Gasteiger partial charge on any atom is -0.491 e. The molecule has 3 rings (SSSR count). The molecule has 1 aromatic rings. The molecule has 7 heteroatoms. The maximum Gasteiger partial charge on any atom is 0.274 e. The van der Waals surface area contributed by atoms with Crippen LogP contribution in [0.4, 0.5) is 0 Å². The second-order valence-electron chi connectivity index (χ2n) is 7.17. The Morgan fingerprint density at radius 2 is 1.93 bits per heavy atom. The molecule has 1 aromatic carbocycles. The van der Waals surface area contributed by atoms with E-state index in [4.69, 9.17) is 14.7 Å². The monoisotopic (exact) mass is 376 g/mol. The van der Waals surface area contributed by atoms with Crippen molar-refractivity contribution in [3.05, 3.63) is 29.3 Å². The maximum atomic E-state index is 13.1. The van der Waals surface area contributed by atoms with E-state index in [0.717, 1.165) is 50.7 Å². The van der Waals surface area contributed by atoms with Gasteiger partial charge >= 0.3 is 0 Å². The molecule has 2 aliphatic rings. The highest BCUT2D eigenvalue weighted by molar-refractivity contribution is 5.93. The highest BCUT2D eigenvalue weighted by Crippen LogP contribution is 2.27. The number of rotatable bonds is 2. The van der Waals surface area contributed by atoms with Crippen molar-refractivity contribution in [3.63, 3.8) is 0 Å². The number of nitrogens with zero attached hydrogens (tertiary/aromatic N) is 1. The third-order valence-corrected chi connectivity index (χ3v) is 5.27. The molecule has 0 saturated carbocycles. The van der Waals surface area contributed by atoms with Crippen LogP contribution in [0.3, 0.4) is 0 Å². The van der Waals surface area contributed by atoms with E-state index < -0.39 is 5.91 Å². The molecule has 7 nitrogen and oxygen atoms in total. The molecular weight excluding hydrogens is 348 g/mol. The van der Waals surface area contributed by atoms with Gasteiger partial charge < -0.3 is 14.4 Å². The van der Waals surface area contributed by atoms with Crippen molar-refractivity contribution in [2.24, 2.45) is 5.92 Å². The summed E-state index contributed by atoms with van der Waals surface area (Å²) in [6.45, 7) is 2.79. The highest BCUT2D eigenvalue weighted by atomic mass is 16.5. The van der Waals surface area contributed by atoms with Crippen LogP contribution in [-0.4, -0.2) is 48.3 Å². The number of amides is 2. The summed E-state index contributed by atoms with van der Waals surface area (Å²) < 4.78 is 11.4. The largest absolute Gasteiger partial charge is 0.491 e. The highest BCUT2D eigenvalue weighted by Gasteiger charge is 2.27. The fourth-order valence-electron chi connectivity index (χ4n) is 3.69. The van der Waals surface area contributed by atoms with E-state index in [1.807, 2.05) is 4.90 Å². The molecule has 0 radical (unpaired) electrons. The molecular formula is C20H28N2O5. The van der Waals surface area contributed by atoms with E-state index >= 15 is 0 Å². The van der Waals surface area contributed by atoms with Crippen LogP contribution in [0.5, 0.6) is 5.75 Å². The van der Waals surface area contributed by atoms with Crippen molar-refractivity contribution < 1.29 is 24.3 Å². The van der Waals surface area contributed by atoms with Crippen LogP contribution in [0.15, 0.2) is 18.2 Å². The number of hydrogen-bond acceptors (Lipinski definition) is 5. The van der Waals surface area contributed by atoms with E-state index in [0.29, 0.717) is 37.6 Å². The van der Waals surface area contributed by atoms with Crippen molar-refractivity contribution in [3.8, 4) is 5.75 Å². The first kappa shape index (κ1) is 19.6. The van der Waals surface area contributed by atoms with E-state index in [1.165, 1.54) is 0 Å². The van der Waals surface area contributed by atoms with Gasteiger partial charge in [0.15, 0.2) is 0 Å². The Labute approximate surface area is 159 Å². The third-order valence-electron chi connectivity index (χ3n) is 5.27. The second kappa shape index (κ2) is 9.71. The fraction of sp³-hybridized carbons (Fsp3) is 0.600. The van der Waals surface area contributed by atoms with Gasteiger partial charge in [-0.25, -0.2) is 5.48 Å². The Hall–Kier alpha value is -2.12. The lowest BCUT2D eigenvalue weighted by Crippen LogP contribution is -2.37. The van der Waals surface area contributed by atoms with Crippen molar-refractivity contribution in [2.45, 2.75) is 45.1 Å². The molecule has 148 valence electrons. The van der Waals surface area contributed by atoms with Crippen LogP contribution in [-0.2, 0) is 16.1 Å².